The Hall–Kier alpha value is -2.83. The number of nitrogens with zero attached hydrogens (tertiary/aromatic N) is 1. The van der Waals surface area contributed by atoms with Crippen molar-refractivity contribution >= 4 is 29.3 Å². The first-order valence-corrected chi connectivity index (χ1v) is 7.54. The number of methoxy groups -OCH3 is 1. The molecule has 0 bridgehead atoms. The Kier molecular flexibility index (Phi) is 5.57. The Labute approximate surface area is 139 Å². The maximum absolute atomic E-state index is 12.4. The summed E-state index contributed by atoms with van der Waals surface area (Å²) in [5.41, 5.74) is 1.16. The largest absolute Gasteiger partial charge is 0.481 e. The van der Waals surface area contributed by atoms with Crippen LogP contribution < -0.4 is 10.2 Å². The lowest BCUT2D eigenvalue weighted by Gasteiger charge is -2.24. The number of anilines is 2. The molecule has 7 nitrogen and oxygen atoms in total. The third kappa shape index (κ3) is 3.92. The maximum Gasteiger partial charge on any atom is 0.413 e. The molecule has 0 fully saturated rings. The van der Waals surface area contributed by atoms with Crippen molar-refractivity contribution in [2.24, 2.45) is 11.8 Å². The highest BCUT2D eigenvalue weighted by Crippen LogP contribution is 2.27. The Balaban J connectivity index is 2.05. The van der Waals surface area contributed by atoms with Gasteiger partial charge in [-0.25, -0.2) is 4.79 Å². The zero-order valence-electron chi connectivity index (χ0n) is 13.6. The van der Waals surface area contributed by atoms with E-state index in [-0.39, 0.29) is 5.91 Å². The van der Waals surface area contributed by atoms with E-state index in [0.717, 1.165) is 0 Å². The van der Waals surface area contributed by atoms with Crippen molar-refractivity contribution in [1.29, 1.82) is 0 Å². The molecule has 128 valence electrons. The summed E-state index contributed by atoms with van der Waals surface area (Å²) in [5, 5.41) is 12.0. The third-order valence-corrected chi connectivity index (χ3v) is 4.06. The minimum Gasteiger partial charge on any atom is -0.481 e. The zero-order chi connectivity index (χ0) is 17.7. The van der Waals surface area contributed by atoms with Crippen LogP contribution in [0.3, 0.4) is 0 Å². The molecule has 2 atom stereocenters. The van der Waals surface area contributed by atoms with Gasteiger partial charge in [0.2, 0.25) is 5.91 Å². The van der Waals surface area contributed by atoms with Gasteiger partial charge in [0.05, 0.1) is 18.9 Å². The van der Waals surface area contributed by atoms with E-state index < -0.39 is 23.9 Å². The number of ether oxygens (including phenoxy) is 1. The molecule has 2 amide bonds. The summed E-state index contributed by atoms with van der Waals surface area (Å²) in [7, 11) is 2.87. The summed E-state index contributed by atoms with van der Waals surface area (Å²) in [4.78, 5) is 36.4. The number of carbonyl (C=O) groups is 3. The molecule has 2 rings (SSSR count). The normalized spacial score (nSPS) is 19.4. The van der Waals surface area contributed by atoms with Crippen molar-refractivity contribution in [1.82, 2.24) is 0 Å². The first-order chi connectivity index (χ1) is 11.4. The molecule has 2 N–H and O–H groups in total. The standard InChI is InChI=1S/C17H20N2O5/c1-19(17(23)24-2)12-9-7-11(8-10-12)18-15(20)13-5-3-4-6-14(13)16(21)22/h3-4,7-10,13-14H,5-6H2,1-2H3,(H,18,20)(H,21,22)/t13-,14+/m0/s1. The average molecular weight is 332 g/mol. The lowest BCUT2D eigenvalue weighted by atomic mass is 9.82. The topological polar surface area (TPSA) is 95.9 Å². The average Bonchev–Trinajstić information content (AvgIpc) is 2.61. The predicted molar refractivity (Wildman–Crippen MR) is 88.9 cm³/mol. The van der Waals surface area contributed by atoms with E-state index in [9.17, 15) is 19.5 Å². The van der Waals surface area contributed by atoms with Gasteiger partial charge < -0.3 is 15.2 Å². The number of carbonyl (C=O) groups excluding carboxylic acids is 2. The molecule has 24 heavy (non-hydrogen) atoms. The Morgan fingerprint density at radius 1 is 1.12 bits per heavy atom. The summed E-state index contributed by atoms with van der Waals surface area (Å²) < 4.78 is 4.63. The van der Waals surface area contributed by atoms with Gasteiger partial charge in [0, 0.05) is 18.4 Å². The fraction of sp³-hybridized carbons (Fsp3) is 0.353. The number of hydrogen-bond donors (Lipinski definition) is 2. The van der Waals surface area contributed by atoms with E-state index in [4.69, 9.17) is 0 Å². The van der Waals surface area contributed by atoms with Crippen LogP contribution in [-0.2, 0) is 14.3 Å². The number of allylic oxidation sites excluding steroid dienone is 2. The molecule has 7 heteroatoms. The van der Waals surface area contributed by atoms with Gasteiger partial charge >= 0.3 is 12.1 Å². The highest BCUT2D eigenvalue weighted by molar-refractivity contribution is 5.96. The molecule has 0 heterocycles. The second kappa shape index (κ2) is 7.63. The number of rotatable bonds is 4. The van der Waals surface area contributed by atoms with Crippen LogP contribution in [0, 0.1) is 11.8 Å². The van der Waals surface area contributed by atoms with Gasteiger partial charge in [-0.1, -0.05) is 12.2 Å². The molecule has 0 unspecified atom stereocenters. The number of carboxylic acid groups (broad SMARTS) is 1. The fourth-order valence-corrected chi connectivity index (χ4v) is 2.62. The molecule has 1 aliphatic carbocycles. The first-order valence-electron chi connectivity index (χ1n) is 7.54. The Bertz CT molecular complexity index is 653. The van der Waals surface area contributed by atoms with Crippen molar-refractivity contribution in [2.75, 3.05) is 24.4 Å². The van der Waals surface area contributed by atoms with Crippen LogP contribution in [0.15, 0.2) is 36.4 Å². The van der Waals surface area contributed by atoms with Crippen molar-refractivity contribution < 1.29 is 24.2 Å². The van der Waals surface area contributed by atoms with Crippen molar-refractivity contribution in [3.8, 4) is 0 Å². The number of amides is 2. The van der Waals surface area contributed by atoms with Crippen LogP contribution in [0.25, 0.3) is 0 Å². The van der Waals surface area contributed by atoms with Crippen LogP contribution in [0.1, 0.15) is 12.8 Å². The number of carboxylic acids is 1. The molecule has 1 aromatic carbocycles. The van der Waals surface area contributed by atoms with Crippen molar-refractivity contribution in [3.05, 3.63) is 36.4 Å². The van der Waals surface area contributed by atoms with Gasteiger partial charge in [0.25, 0.3) is 0 Å². The van der Waals surface area contributed by atoms with Gasteiger partial charge in [-0.05, 0) is 37.1 Å². The summed E-state index contributed by atoms with van der Waals surface area (Å²) in [6.45, 7) is 0. The second-order valence-corrected chi connectivity index (χ2v) is 5.56. The first kappa shape index (κ1) is 17.5. The molecular formula is C17H20N2O5. The highest BCUT2D eigenvalue weighted by Gasteiger charge is 2.33. The zero-order valence-corrected chi connectivity index (χ0v) is 13.6. The van der Waals surface area contributed by atoms with E-state index in [2.05, 4.69) is 10.1 Å². The van der Waals surface area contributed by atoms with Gasteiger partial charge in [0.1, 0.15) is 0 Å². The molecule has 1 aromatic rings. The van der Waals surface area contributed by atoms with E-state index >= 15 is 0 Å². The molecule has 0 spiro atoms. The van der Waals surface area contributed by atoms with E-state index in [1.165, 1.54) is 12.0 Å². The van der Waals surface area contributed by atoms with Crippen LogP contribution in [-0.4, -0.2) is 37.2 Å². The summed E-state index contributed by atoms with van der Waals surface area (Å²) in [5.74, 6) is -2.58. The molecular weight excluding hydrogens is 312 g/mol. The molecule has 0 aromatic heterocycles. The second-order valence-electron chi connectivity index (χ2n) is 5.56. The predicted octanol–water partition coefficient (Wildman–Crippen LogP) is 2.49. The van der Waals surface area contributed by atoms with Crippen LogP contribution >= 0.6 is 0 Å². The molecule has 1 aliphatic rings. The van der Waals surface area contributed by atoms with E-state index in [1.54, 1.807) is 37.4 Å². The van der Waals surface area contributed by atoms with Gasteiger partial charge in [-0.2, -0.15) is 0 Å². The lowest BCUT2D eigenvalue weighted by molar-refractivity contribution is -0.146. The van der Waals surface area contributed by atoms with Gasteiger partial charge in [0.15, 0.2) is 0 Å². The fourth-order valence-electron chi connectivity index (χ4n) is 2.62. The monoisotopic (exact) mass is 332 g/mol. The maximum atomic E-state index is 12.4. The van der Waals surface area contributed by atoms with Crippen LogP contribution in [0.5, 0.6) is 0 Å². The minimum atomic E-state index is -0.963. The molecule has 0 aliphatic heterocycles. The number of nitrogens with one attached hydrogen (secondary N) is 1. The smallest absolute Gasteiger partial charge is 0.413 e. The number of aliphatic carboxylic acids is 1. The molecule has 0 saturated carbocycles. The van der Waals surface area contributed by atoms with Crippen LogP contribution in [0.2, 0.25) is 0 Å². The van der Waals surface area contributed by atoms with Gasteiger partial charge in [-0.3, -0.25) is 14.5 Å². The summed E-state index contributed by atoms with van der Waals surface area (Å²) in [6, 6.07) is 6.65. The Morgan fingerprint density at radius 2 is 1.71 bits per heavy atom. The van der Waals surface area contributed by atoms with Crippen LogP contribution in [0.4, 0.5) is 16.2 Å². The number of hydrogen-bond acceptors (Lipinski definition) is 4. The SMILES string of the molecule is COC(=O)N(C)c1ccc(NC(=O)[C@H]2CC=CC[C@H]2C(=O)O)cc1. The number of benzene rings is 1. The summed E-state index contributed by atoms with van der Waals surface area (Å²) >= 11 is 0. The van der Waals surface area contributed by atoms with E-state index in [0.29, 0.717) is 24.2 Å². The van der Waals surface area contributed by atoms with Crippen molar-refractivity contribution in [2.45, 2.75) is 12.8 Å². The molecule has 0 radical (unpaired) electrons. The minimum absolute atomic E-state index is 0.319. The highest BCUT2D eigenvalue weighted by atomic mass is 16.5. The third-order valence-electron chi connectivity index (χ3n) is 4.06. The Morgan fingerprint density at radius 3 is 2.25 bits per heavy atom. The van der Waals surface area contributed by atoms with E-state index in [1.807, 2.05) is 6.08 Å². The summed E-state index contributed by atoms with van der Waals surface area (Å²) in [6.07, 6.45) is 3.89. The lowest BCUT2D eigenvalue weighted by Crippen LogP contribution is -2.34. The quantitative estimate of drug-likeness (QED) is 0.826. The van der Waals surface area contributed by atoms with Gasteiger partial charge in [-0.15, -0.1) is 0 Å². The van der Waals surface area contributed by atoms with Crippen molar-refractivity contribution in [3.63, 3.8) is 0 Å². The molecule has 0 saturated heterocycles.